The fraction of sp³-hybridized carbons (Fsp3) is 0.0909. The Morgan fingerprint density at radius 3 is 2.50 bits per heavy atom. The standard InChI is InChI=1S/C11H10N2O6S/c1-12-10(14)9-4-6-2-3-7(20(17,18)19)5-8(6)11(15)13(9)16/h2-5,16H,1H3,(H,12,14)(H,17,18,19). The summed E-state index contributed by atoms with van der Waals surface area (Å²) in [5, 5.41) is 12.0. The molecule has 1 aromatic carbocycles. The van der Waals surface area contributed by atoms with Crippen molar-refractivity contribution in [2.75, 3.05) is 7.05 Å². The first-order valence-electron chi connectivity index (χ1n) is 5.34. The summed E-state index contributed by atoms with van der Waals surface area (Å²) in [5.74, 6) is -0.676. The highest BCUT2D eigenvalue weighted by Gasteiger charge is 2.16. The van der Waals surface area contributed by atoms with E-state index in [2.05, 4.69) is 5.32 Å². The molecular formula is C11H10N2O6S. The van der Waals surface area contributed by atoms with E-state index in [1.807, 2.05) is 0 Å². The van der Waals surface area contributed by atoms with Crippen molar-refractivity contribution in [2.24, 2.45) is 0 Å². The van der Waals surface area contributed by atoms with Gasteiger partial charge in [-0.15, -0.1) is 4.73 Å². The number of pyridine rings is 1. The van der Waals surface area contributed by atoms with Crippen LogP contribution in [0.15, 0.2) is 34.0 Å². The number of aromatic nitrogens is 1. The monoisotopic (exact) mass is 298 g/mol. The minimum atomic E-state index is -4.46. The summed E-state index contributed by atoms with van der Waals surface area (Å²) in [5.41, 5.74) is -1.25. The first-order chi connectivity index (χ1) is 9.25. The number of hydrogen-bond acceptors (Lipinski definition) is 5. The quantitative estimate of drug-likeness (QED) is 0.522. The van der Waals surface area contributed by atoms with Crippen LogP contribution in [0.4, 0.5) is 0 Å². The lowest BCUT2D eigenvalue weighted by Crippen LogP contribution is -2.29. The van der Waals surface area contributed by atoms with Gasteiger partial charge in [0.25, 0.3) is 21.6 Å². The van der Waals surface area contributed by atoms with Crippen LogP contribution in [-0.2, 0) is 10.1 Å². The summed E-state index contributed by atoms with van der Waals surface area (Å²) < 4.78 is 31.1. The Morgan fingerprint density at radius 2 is 1.95 bits per heavy atom. The molecule has 0 unspecified atom stereocenters. The Labute approximate surface area is 113 Å². The lowest BCUT2D eigenvalue weighted by Gasteiger charge is -2.07. The van der Waals surface area contributed by atoms with Gasteiger partial charge < -0.3 is 10.5 Å². The Bertz CT molecular complexity index is 868. The predicted molar refractivity (Wildman–Crippen MR) is 68.6 cm³/mol. The number of carbonyl (C=O) groups excluding carboxylic acids is 1. The summed E-state index contributed by atoms with van der Waals surface area (Å²) in [4.78, 5) is 22.9. The lowest BCUT2D eigenvalue weighted by atomic mass is 10.1. The van der Waals surface area contributed by atoms with Gasteiger partial charge >= 0.3 is 0 Å². The van der Waals surface area contributed by atoms with Crippen LogP contribution < -0.4 is 10.9 Å². The van der Waals surface area contributed by atoms with Gasteiger partial charge in [-0.25, -0.2) is 0 Å². The number of nitrogens with one attached hydrogen (secondary N) is 1. The molecule has 0 bridgehead atoms. The largest absolute Gasteiger partial charge is 0.425 e. The summed E-state index contributed by atoms with van der Waals surface area (Å²) in [6, 6.07) is 4.50. The molecule has 8 nitrogen and oxygen atoms in total. The van der Waals surface area contributed by atoms with Gasteiger partial charge in [-0.3, -0.25) is 14.1 Å². The SMILES string of the molecule is CNC(=O)c1cc2ccc(S(=O)(=O)O)cc2c(=O)n1O. The molecule has 20 heavy (non-hydrogen) atoms. The maximum absolute atomic E-state index is 11.9. The van der Waals surface area contributed by atoms with Gasteiger partial charge in [-0.2, -0.15) is 8.42 Å². The van der Waals surface area contributed by atoms with Gasteiger partial charge in [0.1, 0.15) is 5.69 Å². The number of carbonyl (C=O) groups is 1. The average Bonchev–Trinajstić information content (AvgIpc) is 2.40. The van der Waals surface area contributed by atoms with E-state index in [0.29, 0.717) is 0 Å². The number of benzene rings is 1. The van der Waals surface area contributed by atoms with E-state index >= 15 is 0 Å². The molecule has 1 aromatic heterocycles. The zero-order valence-electron chi connectivity index (χ0n) is 10.2. The highest BCUT2D eigenvalue weighted by Crippen LogP contribution is 2.17. The average molecular weight is 298 g/mol. The Hall–Kier alpha value is -2.39. The van der Waals surface area contributed by atoms with Crippen LogP contribution in [0.1, 0.15) is 10.5 Å². The van der Waals surface area contributed by atoms with Crippen molar-refractivity contribution in [1.82, 2.24) is 10.0 Å². The number of nitrogens with zero attached hydrogens (tertiary/aromatic N) is 1. The molecule has 0 radical (unpaired) electrons. The second-order valence-corrected chi connectivity index (χ2v) is 5.37. The Kier molecular flexibility index (Phi) is 3.24. The number of amides is 1. The predicted octanol–water partition coefficient (Wildman–Crippen LogP) is -0.155. The molecule has 9 heteroatoms. The maximum Gasteiger partial charge on any atom is 0.294 e. The van der Waals surface area contributed by atoms with E-state index in [-0.39, 0.29) is 21.2 Å². The van der Waals surface area contributed by atoms with E-state index in [0.717, 1.165) is 12.1 Å². The molecule has 106 valence electrons. The third-order valence-electron chi connectivity index (χ3n) is 2.73. The smallest absolute Gasteiger partial charge is 0.294 e. The maximum atomic E-state index is 11.9. The van der Waals surface area contributed by atoms with Gasteiger partial charge in [0, 0.05) is 7.05 Å². The van der Waals surface area contributed by atoms with Gasteiger partial charge in [0.15, 0.2) is 0 Å². The number of fused-ring (bicyclic) bond motifs is 1. The molecule has 0 aliphatic carbocycles. The van der Waals surface area contributed by atoms with Crippen molar-refractivity contribution in [1.29, 1.82) is 0 Å². The van der Waals surface area contributed by atoms with Crippen molar-refractivity contribution in [3.05, 3.63) is 40.3 Å². The molecule has 1 amide bonds. The van der Waals surface area contributed by atoms with Gasteiger partial charge in [-0.1, -0.05) is 6.07 Å². The van der Waals surface area contributed by atoms with Crippen LogP contribution in [0.2, 0.25) is 0 Å². The van der Waals surface area contributed by atoms with Crippen LogP contribution in [0.25, 0.3) is 10.8 Å². The van der Waals surface area contributed by atoms with E-state index in [1.54, 1.807) is 0 Å². The molecule has 0 spiro atoms. The minimum absolute atomic E-state index is 0.120. The molecular weight excluding hydrogens is 288 g/mol. The highest BCUT2D eigenvalue weighted by atomic mass is 32.2. The zero-order valence-corrected chi connectivity index (χ0v) is 11.0. The molecule has 2 rings (SSSR count). The fourth-order valence-electron chi connectivity index (χ4n) is 1.73. The first-order valence-corrected chi connectivity index (χ1v) is 6.78. The summed E-state index contributed by atoms with van der Waals surface area (Å²) >= 11 is 0. The van der Waals surface area contributed by atoms with Crippen LogP contribution in [0, 0.1) is 0 Å². The first kappa shape index (κ1) is 14.0. The number of rotatable bonds is 2. The molecule has 0 atom stereocenters. The summed E-state index contributed by atoms with van der Waals surface area (Å²) in [6.07, 6.45) is 0. The molecule has 0 saturated heterocycles. The van der Waals surface area contributed by atoms with Crippen LogP contribution in [-0.4, -0.2) is 35.9 Å². The van der Waals surface area contributed by atoms with E-state index in [4.69, 9.17) is 4.55 Å². The Balaban J connectivity index is 2.84. The van der Waals surface area contributed by atoms with E-state index in [9.17, 15) is 23.2 Å². The van der Waals surface area contributed by atoms with Gasteiger partial charge in [-0.05, 0) is 23.6 Å². The molecule has 0 saturated carbocycles. The third kappa shape index (κ3) is 2.24. The van der Waals surface area contributed by atoms with Crippen LogP contribution >= 0.6 is 0 Å². The van der Waals surface area contributed by atoms with Crippen molar-refractivity contribution in [3.63, 3.8) is 0 Å². The minimum Gasteiger partial charge on any atom is -0.425 e. The van der Waals surface area contributed by atoms with Crippen molar-refractivity contribution >= 4 is 26.8 Å². The topological polar surface area (TPSA) is 126 Å². The van der Waals surface area contributed by atoms with Gasteiger partial charge in [0.2, 0.25) is 0 Å². The van der Waals surface area contributed by atoms with Crippen molar-refractivity contribution in [3.8, 4) is 0 Å². The Morgan fingerprint density at radius 1 is 1.30 bits per heavy atom. The third-order valence-corrected chi connectivity index (χ3v) is 3.58. The summed E-state index contributed by atoms with van der Waals surface area (Å²) in [7, 11) is -3.13. The fourth-order valence-corrected chi connectivity index (χ4v) is 2.24. The van der Waals surface area contributed by atoms with E-state index < -0.39 is 26.5 Å². The molecule has 0 aliphatic rings. The van der Waals surface area contributed by atoms with Crippen LogP contribution in [0.3, 0.4) is 0 Å². The highest BCUT2D eigenvalue weighted by molar-refractivity contribution is 7.85. The molecule has 3 N–H and O–H groups in total. The lowest BCUT2D eigenvalue weighted by molar-refractivity contribution is 0.0903. The normalized spacial score (nSPS) is 11.5. The second-order valence-electron chi connectivity index (χ2n) is 3.95. The molecule has 1 heterocycles. The van der Waals surface area contributed by atoms with Crippen molar-refractivity contribution < 1.29 is 23.0 Å². The molecule has 0 fully saturated rings. The summed E-state index contributed by atoms with van der Waals surface area (Å²) in [6.45, 7) is 0. The van der Waals surface area contributed by atoms with Crippen molar-refractivity contribution in [2.45, 2.75) is 4.90 Å². The van der Waals surface area contributed by atoms with E-state index in [1.165, 1.54) is 19.2 Å². The zero-order chi connectivity index (χ0) is 15.1. The molecule has 0 aliphatic heterocycles. The number of hydrogen-bond donors (Lipinski definition) is 3. The second kappa shape index (κ2) is 4.62. The molecule has 2 aromatic rings. The van der Waals surface area contributed by atoms with Gasteiger partial charge in [0.05, 0.1) is 10.3 Å². The van der Waals surface area contributed by atoms with Crippen LogP contribution in [0.5, 0.6) is 0 Å².